The van der Waals surface area contributed by atoms with Gasteiger partial charge in [0.25, 0.3) is 0 Å². The van der Waals surface area contributed by atoms with Crippen LogP contribution < -0.4 is 5.32 Å². The zero-order valence-corrected chi connectivity index (χ0v) is 12.5. The highest BCUT2D eigenvalue weighted by atomic mass is 15.2. The highest BCUT2D eigenvalue weighted by Crippen LogP contribution is 2.23. The van der Waals surface area contributed by atoms with E-state index in [1.54, 1.807) is 0 Å². The topological polar surface area (TPSA) is 39.1 Å². The molecule has 1 aromatic carbocycles. The third-order valence-corrected chi connectivity index (χ3v) is 4.23. The maximum Gasteiger partial charge on any atom is 0.0866 e. The predicted molar refractivity (Wildman–Crippen MR) is 82.1 cm³/mol. The van der Waals surface area contributed by atoms with Crippen molar-refractivity contribution in [2.24, 2.45) is 11.8 Å². The molecule has 0 spiro atoms. The highest BCUT2D eigenvalue weighted by molar-refractivity contribution is 5.14. The summed E-state index contributed by atoms with van der Waals surface area (Å²) in [6.45, 7) is 8.09. The number of nitriles is 1. The lowest BCUT2D eigenvalue weighted by atomic mass is 9.85. The van der Waals surface area contributed by atoms with Gasteiger partial charge in [0.05, 0.1) is 12.6 Å². The molecule has 3 nitrogen and oxygen atoms in total. The van der Waals surface area contributed by atoms with E-state index in [1.807, 2.05) is 6.07 Å². The average Bonchev–Trinajstić information content (AvgIpc) is 2.46. The van der Waals surface area contributed by atoms with Crippen molar-refractivity contribution < 1.29 is 0 Å². The quantitative estimate of drug-likeness (QED) is 0.837. The van der Waals surface area contributed by atoms with Crippen LogP contribution in [0.25, 0.3) is 0 Å². The molecule has 108 valence electrons. The molecule has 2 rings (SSSR count). The fourth-order valence-electron chi connectivity index (χ4n) is 2.95. The van der Waals surface area contributed by atoms with E-state index in [-0.39, 0.29) is 0 Å². The first-order valence-electron chi connectivity index (χ1n) is 7.55. The van der Waals surface area contributed by atoms with Crippen LogP contribution in [0.2, 0.25) is 0 Å². The molecule has 1 aromatic rings. The summed E-state index contributed by atoms with van der Waals surface area (Å²) in [6, 6.07) is 13.3. The van der Waals surface area contributed by atoms with Crippen LogP contribution in [-0.2, 0) is 6.54 Å². The molecular formula is C17H25N3. The molecule has 1 heterocycles. The first-order valence-corrected chi connectivity index (χ1v) is 7.55. The molecule has 0 radical (unpaired) electrons. The Hall–Kier alpha value is -1.37. The molecule has 0 aromatic heterocycles. The smallest absolute Gasteiger partial charge is 0.0866 e. The predicted octanol–water partition coefficient (Wildman–Crippen LogP) is 2.65. The van der Waals surface area contributed by atoms with Crippen LogP contribution in [0, 0.1) is 23.2 Å². The molecule has 0 saturated carbocycles. The van der Waals surface area contributed by atoms with Gasteiger partial charge in [0, 0.05) is 25.7 Å². The average molecular weight is 271 g/mol. The van der Waals surface area contributed by atoms with E-state index < -0.39 is 0 Å². The van der Waals surface area contributed by atoms with Crippen molar-refractivity contribution in [1.82, 2.24) is 10.2 Å². The minimum Gasteiger partial charge on any atom is -0.309 e. The third kappa shape index (κ3) is 4.33. The zero-order chi connectivity index (χ0) is 14.4. The van der Waals surface area contributed by atoms with Gasteiger partial charge in [-0.05, 0) is 23.8 Å². The van der Waals surface area contributed by atoms with Crippen molar-refractivity contribution in [1.29, 1.82) is 5.26 Å². The molecule has 1 N–H and O–H groups in total. The van der Waals surface area contributed by atoms with Gasteiger partial charge in [0.2, 0.25) is 0 Å². The molecule has 20 heavy (non-hydrogen) atoms. The largest absolute Gasteiger partial charge is 0.309 e. The number of benzene rings is 1. The fourth-order valence-corrected chi connectivity index (χ4v) is 2.95. The van der Waals surface area contributed by atoms with Gasteiger partial charge in [-0.3, -0.25) is 4.90 Å². The molecule has 2 atom stereocenters. The molecule has 0 aliphatic carbocycles. The Morgan fingerprint density at radius 2 is 2.05 bits per heavy atom. The Balaban J connectivity index is 1.90. The number of nitrogens with zero attached hydrogens (tertiary/aromatic N) is 2. The van der Waals surface area contributed by atoms with Crippen LogP contribution in [0.5, 0.6) is 0 Å². The Labute approximate surface area is 122 Å². The Kier molecular flexibility index (Phi) is 5.58. The molecule has 0 bridgehead atoms. The van der Waals surface area contributed by atoms with Crippen molar-refractivity contribution >= 4 is 0 Å². The monoisotopic (exact) mass is 271 g/mol. The molecule has 1 aliphatic rings. The molecule has 0 amide bonds. The normalized spacial score (nSPS) is 23.7. The first kappa shape index (κ1) is 15.0. The van der Waals surface area contributed by atoms with Crippen LogP contribution in [0.1, 0.15) is 25.8 Å². The lowest BCUT2D eigenvalue weighted by molar-refractivity contribution is 0.127. The second-order valence-electron chi connectivity index (χ2n) is 6.16. The summed E-state index contributed by atoms with van der Waals surface area (Å²) in [5.74, 6) is 1.36. The summed E-state index contributed by atoms with van der Waals surface area (Å²) < 4.78 is 0. The maximum absolute atomic E-state index is 8.93. The van der Waals surface area contributed by atoms with Crippen LogP contribution in [0.15, 0.2) is 30.3 Å². The standard InChI is InChI=1S/C17H25N3/c1-14(2)16-10-17(13-20(12-16)9-8-18)19-11-15-6-4-3-5-7-15/h3-7,14,16-17,19H,9-13H2,1-2H3. The number of hydrogen-bond acceptors (Lipinski definition) is 3. The van der Waals surface area contributed by atoms with Crippen molar-refractivity contribution in [3.63, 3.8) is 0 Å². The lowest BCUT2D eigenvalue weighted by Crippen LogP contribution is -2.50. The van der Waals surface area contributed by atoms with E-state index in [0.717, 1.165) is 19.6 Å². The SMILES string of the molecule is CC(C)C1CC(NCc2ccccc2)CN(CC#N)C1. The van der Waals surface area contributed by atoms with E-state index in [0.29, 0.717) is 24.4 Å². The van der Waals surface area contributed by atoms with E-state index in [1.165, 1.54) is 12.0 Å². The second-order valence-corrected chi connectivity index (χ2v) is 6.16. The van der Waals surface area contributed by atoms with Gasteiger partial charge in [-0.2, -0.15) is 5.26 Å². The zero-order valence-electron chi connectivity index (χ0n) is 12.5. The van der Waals surface area contributed by atoms with E-state index in [9.17, 15) is 0 Å². The highest BCUT2D eigenvalue weighted by Gasteiger charge is 2.28. The number of nitrogens with one attached hydrogen (secondary N) is 1. The molecule has 2 unspecified atom stereocenters. The fraction of sp³-hybridized carbons (Fsp3) is 0.588. The summed E-state index contributed by atoms with van der Waals surface area (Å²) in [6.07, 6.45) is 1.21. The van der Waals surface area contributed by atoms with Gasteiger partial charge in [0.15, 0.2) is 0 Å². The van der Waals surface area contributed by atoms with Gasteiger partial charge in [-0.25, -0.2) is 0 Å². The van der Waals surface area contributed by atoms with Crippen molar-refractivity contribution in [3.05, 3.63) is 35.9 Å². The van der Waals surface area contributed by atoms with Crippen LogP contribution >= 0.6 is 0 Å². The van der Waals surface area contributed by atoms with Gasteiger partial charge >= 0.3 is 0 Å². The van der Waals surface area contributed by atoms with Crippen molar-refractivity contribution in [2.75, 3.05) is 19.6 Å². The number of piperidine rings is 1. The summed E-state index contributed by atoms with van der Waals surface area (Å²) in [5, 5.41) is 12.6. The Morgan fingerprint density at radius 3 is 2.70 bits per heavy atom. The summed E-state index contributed by atoms with van der Waals surface area (Å²) in [4.78, 5) is 2.29. The van der Waals surface area contributed by atoms with Gasteiger partial charge < -0.3 is 5.32 Å². The molecule has 1 aliphatic heterocycles. The lowest BCUT2D eigenvalue weighted by Gasteiger charge is -2.39. The third-order valence-electron chi connectivity index (χ3n) is 4.23. The van der Waals surface area contributed by atoms with E-state index >= 15 is 0 Å². The second kappa shape index (κ2) is 7.42. The summed E-state index contributed by atoms with van der Waals surface area (Å²) in [7, 11) is 0. The van der Waals surface area contributed by atoms with Gasteiger partial charge in [0.1, 0.15) is 0 Å². The van der Waals surface area contributed by atoms with Gasteiger partial charge in [-0.1, -0.05) is 44.2 Å². The van der Waals surface area contributed by atoms with E-state index in [2.05, 4.69) is 54.4 Å². The van der Waals surface area contributed by atoms with Gasteiger partial charge in [-0.15, -0.1) is 0 Å². The van der Waals surface area contributed by atoms with E-state index in [4.69, 9.17) is 5.26 Å². The number of likely N-dealkylation sites (tertiary alicyclic amines) is 1. The summed E-state index contributed by atoms with van der Waals surface area (Å²) in [5.41, 5.74) is 1.33. The maximum atomic E-state index is 8.93. The Bertz CT molecular complexity index is 435. The summed E-state index contributed by atoms with van der Waals surface area (Å²) >= 11 is 0. The minimum absolute atomic E-state index is 0.490. The van der Waals surface area contributed by atoms with Crippen LogP contribution in [0.3, 0.4) is 0 Å². The molecule has 1 saturated heterocycles. The van der Waals surface area contributed by atoms with Crippen LogP contribution in [-0.4, -0.2) is 30.6 Å². The minimum atomic E-state index is 0.490. The van der Waals surface area contributed by atoms with Crippen LogP contribution in [0.4, 0.5) is 0 Å². The number of rotatable bonds is 5. The molecule has 1 fully saturated rings. The molecule has 3 heteroatoms. The number of hydrogen-bond donors (Lipinski definition) is 1. The van der Waals surface area contributed by atoms with Crippen molar-refractivity contribution in [2.45, 2.75) is 32.9 Å². The Morgan fingerprint density at radius 1 is 1.30 bits per heavy atom. The first-order chi connectivity index (χ1) is 9.69. The molecular weight excluding hydrogens is 246 g/mol. The van der Waals surface area contributed by atoms with Crippen molar-refractivity contribution in [3.8, 4) is 6.07 Å².